The van der Waals surface area contributed by atoms with Gasteiger partial charge in [-0.15, -0.1) is 0 Å². The summed E-state index contributed by atoms with van der Waals surface area (Å²) in [5.74, 6) is 1.07. The molecule has 0 fully saturated rings. The maximum Gasteiger partial charge on any atom is 0.0270 e. The monoisotopic (exact) mass is 329 g/mol. The highest BCUT2D eigenvalue weighted by Crippen LogP contribution is 2.10. The molecule has 0 aromatic carbocycles. The highest BCUT2D eigenvalue weighted by Gasteiger charge is 1.95. The van der Waals surface area contributed by atoms with Crippen molar-refractivity contribution in [3.05, 3.63) is 66.3 Å². The van der Waals surface area contributed by atoms with Crippen LogP contribution in [0.2, 0.25) is 0 Å². The summed E-state index contributed by atoms with van der Waals surface area (Å²) in [5, 5.41) is 12.8. The van der Waals surface area contributed by atoms with Crippen LogP contribution >= 0.6 is 0 Å². The first-order chi connectivity index (χ1) is 11.4. The van der Waals surface area contributed by atoms with E-state index in [0.29, 0.717) is 11.8 Å². The summed E-state index contributed by atoms with van der Waals surface area (Å²) in [6, 6.07) is 4.09. The predicted octanol–water partition coefficient (Wildman–Crippen LogP) is 4.00. The fraction of sp³-hybridized carbons (Fsp3) is 0.316. The molecule has 132 valence electrons. The molecule has 0 aliphatic heterocycles. The van der Waals surface area contributed by atoms with Gasteiger partial charge in [-0.2, -0.15) is 0 Å². The molecule has 1 aromatic rings. The van der Waals surface area contributed by atoms with E-state index in [0.717, 1.165) is 18.0 Å². The number of aromatic nitrogens is 1. The summed E-state index contributed by atoms with van der Waals surface area (Å²) >= 11 is 0. The van der Waals surface area contributed by atoms with Crippen molar-refractivity contribution in [1.82, 2.24) is 4.98 Å². The zero-order valence-corrected chi connectivity index (χ0v) is 15.1. The summed E-state index contributed by atoms with van der Waals surface area (Å²) in [7, 11) is 0. The van der Waals surface area contributed by atoms with Crippen LogP contribution in [-0.4, -0.2) is 17.4 Å². The Kier molecular flexibility index (Phi) is 16.4. The minimum Gasteiger partial charge on any atom is -0.405 e. The van der Waals surface area contributed by atoms with Gasteiger partial charge in [0.2, 0.25) is 0 Å². The highest BCUT2D eigenvalue weighted by molar-refractivity contribution is 5.78. The predicted molar refractivity (Wildman–Crippen MR) is 105 cm³/mol. The van der Waals surface area contributed by atoms with E-state index >= 15 is 0 Å². The largest absolute Gasteiger partial charge is 0.405 e. The molecule has 5 nitrogen and oxygen atoms in total. The average molecular weight is 329 g/mol. The lowest BCUT2D eigenvalue weighted by atomic mass is 10.1. The van der Waals surface area contributed by atoms with Gasteiger partial charge in [0.25, 0.3) is 0 Å². The Labute approximate surface area is 146 Å². The third-order valence-corrected chi connectivity index (χ3v) is 2.82. The molecule has 5 heteroatoms. The standard InChI is InChI=1S/C8H11N.C7H14N2.C4H6N2/c1-7(2)8-3-5-9-6-4-8;1-6(2)7(5-9)3-4-8;5-3-1-2-4-6/h3-7H,1-2H3;3-6H,8-9H2,1-2H3;1-6H/b;4-3-,7-5+;2-1-,5-3?,6-4?. The van der Waals surface area contributed by atoms with Gasteiger partial charge in [-0.25, -0.2) is 0 Å². The number of nitrogens with one attached hydrogen (secondary N) is 2. The van der Waals surface area contributed by atoms with E-state index < -0.39 is 0 Å². The SMILES string of the molecule is CC(C)C(/C=C\N)=C/N.CC(C)c1ccncc1.N=C/C=C\C=N. The number of allylic oxidation sites excluding steroid dienone is 4. The lowest BCUT2D eigenvalue weighted by molar-refractivity contribution is 0.788. The van der Waals surface area contributed by atoms with Crippen LogP contribution in [0.5, 0.6) is 0 Å². The van der Waals surface area contributed by atoms with Gasteiger partial charge in [0, 0.05) is 24.8 Å². The molecule has 1 aromatic heterocycles. The number of rotatable bonds is 5. The molecule has 24 heavy (non-hydrogen) atoms. The second-order valence-electron chi connectivity index (χ2n) is 5.33. The Hall–Kier alpha value is -2.69. The minimum absolute atomic E-state index is 0.454. The van der Waals surface area contributed by atoms with Crippen molar-refractivity contribution in [3.63, 3.8) is 0 Å². The van der Waals surface area contributed by atoms with E-state index in [4.69, 9.17) is 22.3 Å². The molecular formula is C19H31N5. The van der Waals surface area contributed by atoms with E-state index in [9.17, 15) is 0 Å². The molecule has 6 N–H and O–H groups in total. The average Bonchev–Trinajstić information content (AvgIpc) is 2.59. The van der Waals surface area contributed by atoms with Gasteiger partial charge in [-0.3, -0.25) is 4.98 Å². The zero-order valence-electron chi connectivity index (χ0n) is 15.1. The smallest absolute Gasteiger partial charge is 0.0270 e. The minimum atomic E-state index is 0.454. The Morgan fingerprint density at radius 3 is 1.71 bits per heavy atom. The molecule has 0 atom stereocenters. The Morgan fingerprint density at radius 2 is 1.50 bits per heavy atom. The number of hydrogen-bond donors (Lipinski definition) is 4. The molecular weight excluding hydrogens is 298 g/mol. The van der Waals surface area contributed by atoms with E-state index in [-0.39, 0.29) is 0 Å². The van der Waals surface area contributed by atoms with Gasteiger partial charge in [0.05, 0.1) is 0 Å². The van der Waals surface area contributed by atoms with E-state index in [2.05, 4.69) is 32.7 Å². The molecule has 0 unspecified atom stereocenters. The quantitative estimate of drug-likeness (QED) is 0.483. The summed E-state index contributed by atoms with van der Waals surface area (Å²) < 4.78 is 0. The summed E-state index contributed by atoms with van der Waals surface area (Å²) in [6.45, 7) is 8.49. The van der Waals surface area contributed by atoms with E-state index in [1.165, 1.54) is 23.9 Å². The lowest BCUT2D eigenvalue weighted by Gasteiger charge is -2.02. The molecule has 0 aliphatic carbocycles. The van der Waals surface area contributed by atoms with Crippen molar-refractivity contribution in [2.45, 2.75) is 33.6 Å². The Balaban J connectivity index is 0. The molecule has 0 aliphatic rings. The zero-order chi connectivity index (χ0) is 18.8. The number of pyridine rings is 1. The van der Waals surface area contributed by atoms with Crippen LogP contribution in [0.1, 0.15) is 39.2 Å². The van der Waals surface area contributed by atoms with Crippen molar-refractivity contribution in [2.24, 2.45) is 17.4 Å². The second kappa shape index (κ2) is 16.7. The van der Waals surface area contributed by atoms with E-state index in [1.807, 2.05) is 30.6 Å². The van der Waals surface area contributed by atoms with Crippen LogP contribution in [0, 0.1) is 16.7 Å². The van der Waals surface area contributed by atoms with Gasteiger partial charge in [0.1, 0.15) is 0 Å². The molecule has 0 amide bonds. The fourth-order valence-electron chi connectivity index (χ4n) is 1.41. The van der Waals surface area contributed by atoms with Gasteiger partial charge in [-0.05, 0) is 65.7 Å². The van der Waals surface area contributed by atoms with Crippen LogP contribution in [-0.2, 0) is 0 Å². The molecule has 1 heterocycles. The van der Waals surface area contributed by atoms with Crippen LogP contribution < -0.4 is 11.5 Å². The number of nitrogens with zero attached hydrogens (tertiary/aromatic N) is 1. The van der Waals surface area contributed by atoms with Crippen LogP contribution in [0.4, 0.5) is 0 Å². The summed E-state index contributed by atoms with van der Waals surface area (Å²) in [5.41, 5.74) is 12.9. The van der Waals surface area contributed by atoms with Gasteiger partial charge < -0.3 is 22.3 Å². The van der Waals surface area contributed by atoms with Crippen molar-refractivity contribution in [1.29, 1.82) is 10.8 Å². The first-order valence-electron chi connectivity index (χ1n) is 7.80. The summed E-state index contributed by atoms with van der Waals surface area (Å²) in [6.07, 6.45) is 13.8. The van der Waals surface area contributed by atoms with Gasteiger partial charge in [-0.1, -0.05) is 27.7 Å². The summed E-state index contributed by atoms with van der Waals surface area (Å²) in [4.78, 5) is 3.93. The fourth-order valence-corrected chi connectivity index (χ4v) is 1.41. The van der Waals surface area contributed by atoms with Gasteiger partial charge >= 0.3 is 0 Å². The highest BCUT2D eigenvalue weighted by atomic mass is 14.6. The van der Waals surface area contributed by atoms with E-state index in [1.54, 1.807) is 6.20 Å². The van der Waals surface area contributed by atoms with Crippen LogP contribution in [0.3, 0.4) is 0 Å². The topological polar surface area (TPSA) is 113 Å². The van der Waals surface area contributed by atoms with Crippen LogP contribution in [0.25, 0.3) is 0 Å². The molecule has 1 rings (SSSR count). The van der Waals surface area contributed by atoms with Crippen LogP contribution in [0.15, 0.2) is 60.7 Å². The Morgan fingerprint density at radius 1 is 1.00 bits per heavy atom. The molecule has 0 saturated heterocycles. The maximum absolute atomic E-state index is 6.39. The lowest BCUT2D eigenvalue weighted by Crippen LogP contribution is -1.95. The normalized spacial score (nSPS) is 11.0. The molecule has 0 saturated carbocycles. The van der Waals surface area contributed by atoms with Crippen molar-refractivity contribution >= 4 is 12.4 Å². The second-order valence-corrected chi connectivity index (χ2v) is 5.33. The van der Waals surface area contributed by atoms with Crippen molar-refractivity contribution < 1.29 is 0 Å². The molecule has 0 spiro atoms. The van der Waals surface area contributed by atoms with Crippen molar-refractivity contribution in [2.75, 3.05) is 0 Å². The Bertz CT molecular complexity index is 504. The first-order valence-corrected chi connectivity index (χ1v) is 7.80. The third kappa shape index (κ3) is 14.3. The first kappa shape index (κ1) is 23.6. The third-order valence-electron chi connectivity index (χ3n) is 2.82. The molecule has 0 bridgehead atoms. The van der Waals surface area contributed by atoms with Crippen molar-refractivity contribution in [3.8, 4) is 0 Å². The number of hydrogen-bond acceptors (Lipinski definition) is 5. The maximum atomic E-state index is 6.39. The van der Waals surface area contributed by atoms with Gasteiger partial charge in [0.15, 0.2) is 0 Å². The molecule has 0 radical (unpaired) electrons. The number of nitrogens with two attached hydrogens (primary N) is 2.